The Labute approximate surface area is 151 Å². The predicted molar refractivity (Wildman–Crippen MR) is 91.8 cm³/mol. The number of carbonyl (C=O) groups is 2. The molecule has 0 radical (unpaired) electrons. The lowest BCUT2D eigenvalue weighted by atomic mass is 9.97. The minimum absolute atomic E-state index is 0.234. The van der Waals surface area contributed by atoms with Gasteiger partial charge < -0.3 is 10.1 Å². The second kappa shape index (κ2) is 6.58. The van der Waals surface area contributed by atoms with Crippen LogP contribution < -0.4 is 10.9 Å². The van der Waals surface area contributed by atoms with Crippen LogP contribution in [0.25, 0.3) is 11.0 Å². The Kier molecular flexibility index (Phi) is 4.63. The van der Waals surface area contributed by atoms with E-state index >= 15 is 0 Å². The van der Waals surface area contributed by atoms with E-state index in [1.807, 2.05) is 0 Å². The van der Waals surface area contributed by atoms with Gasteiger partial charge in [-0.3, -0.25) is 14.2 Å². The van der Waals surface area contributed by atoms with Crippen molar-refractivity contribution in [1.82, 2.24) is 24.6 Å². The molecule has 1 fully saturated rings. The maximum absolute atomic E-state index is 12.6. The third kappa shape index (κ3) is 3.06. The molecule has 134 valence electrons. The number of aromatic nitrogens is 4. The number of halogens is 1. The molecule has 9 nitrogen and oxygen atoms in total. The summed E-state index contributed by atoms with van der Waals surface area (Å²) in [5.41, 5.74) is -0.948. The lowest BCUT2D eigenvalue weighted by Crippen LogP contribution is -2.54. The Hall–Kier alpha value is -2.23. The largest absolute Gasteiger partial charge is 0.467 e. The molecule has 1 N–H and O–H groups in total. The van der Waals surface area contributed by atoms with Gasteiger partial charge in [0.05, 0.1) is 7.11 Å². The Morgan fingerprint density at radius 2 is 2.08 bits per heavy atom. The molecule has 0 spiro atoms. The van der Waals surface area contributed by atoms with Crippen LogP contribution in [0.2, 0.25) is 0 Å². The second-order valence-corrected chi connectivity index (χ2v) is 6.87. The van der Waals surface area contributed by atoms with E-state index < -0.39 is 17.4 Å². The molecule has 0 bridgehead atoms. The van der Waals surface area contributed by atoms with Crippen LogP contribution in [0.1, 0.15) is 25.7 Å². The lowest BCUT2D eigenvalue weighted by molar-refractivity contribution is -0.150. The standard InChI is InChI=1S/C15H18BrN5O4/c1-20-12-10(11(16)19-20)13(23)21(8-17-12)7-9(22)18-15(14(24)25-2)5-3-4-6-15/h8H,3-7H2,1-2H3,(H,18,22). The number of hydrogen-bond acceptors (Lipinski definition) is 6. The fraction of sp³-hybridized carbons (Fsp3) is 0.533. The molecule has 1 amide bonds. The van der Waals surface area contributed by atoms with Crippen LogP contribution in [-0.4, -0.2) is 43.9 Å². The van der Waals surface area contributed by atoms with Gasteiger partial charge in [0.1, 0.15) is 28.4 Å². The van der Waals surface area contributed by atoms with E-state index in [-0.39, 0.29) is 12.1 Å². The first kappa shape index (κ1) is 17.6. The number of nitrogens with zero attached hydrogens (tertiary/aromatic N) is 4. The summed E-state index contributed by atoms with van der Waals surface area (Å²) in [6, 6.07) is 0. The highest BCUT2D eigenvalue weighted by Gasteiger charge is 2.43. The predicted octanol–water partition coefficient (Wildman–Crippen LogP) is 0.494. The van der Waals surface area contributed by atoms with E-state index in [2.05, 4.69) is 31.3 Å². The van der Waals surface area contributed by atoms with Crippen LogP contribution in [0, 0.1) is 0 Å². The van der Waals surface area contributed by atoms with Crippen molar-refractivity contribution in [3.8, 4) is 0 Å². The zero-order valence-electron chi connectivity index (χ0n) is 13.9. The van der Waals surface area contributed by atoms with E-state index in [9.17, 15) is 14.4 Å². The van der Waals surface area contributed by atoms with E-state index in [1.165, 1.54) is 22.7 Å². The molecule has 1 saturated carbocycles. The van der Waals surface area contributed by atoms with Gasteiger partial charge in [0, 0.05) is 7.05 Å². The molecule has 1 aliphatic carbocycles. The quantitative estimate of drug-likeness (QED) is 0.733. The molecule has 0 atom stereocenters. The molecule has 10 heteroatoms. The van der Waals surface area contributed by atoms with Gasteiger partial charge in [-0.15, -0.1) is 0 Å². The van der Waals surface area contributed by atoms with Crippen LogP contribution in [0.3, 0.4) is 0 Å². The van der Waals surface area contributed by atoms with Gasteiger partial charge in [-0.25, -0.2) is 14.5 Å². The number of aryl methyl sites for hydroxylation is 1. The average Bonchev–Trinajstić information content (AvgIpc) is 3.15. The summed E-state index contributed by atoms with van der Waals surface area (Å²) in [6.07, 6.45) is 4.05. The Bertz CT molecular complexity index is 897. The van der Waals surface area contributed by atoms with E-state index in [0.29, 0.717) is 28.5 Å². The lowest BCUT2D eigenvalue weighted by Gasteiger charge is -2.27. The van der Waals surface area contributed by atoms with Crippen LogP contribution >= 0.6 is 15.9 Å². The maximum Gasteiger partial charge on any atom is 0.331 e. The number of rotatable bonds is 4. The highest BCUT2D eigenvalue weighted by molar-refractivity contribution is 9.10. The number of carbonyl (C=O) groups excluding carboxylic acids is 2. The van der Waals surface area contributed by atoms with Gasteiger partial charge in [-0.1, -0.05) is 12.8 Å². The Morgan fingerprint density at radius 3 is 2.72 bits per heavy atom. The summed E-state index contributed by atoms with van der Waals surface area (Å²) < 4.78 is 7.89. The maximum atomic E-state index is 12.6. The first-order valence-electron chi connectivity index (χ1n) is 7.85. The highest BCUT2D eigenvalue weighted by Crippen LogP contribution is 2.30. The minimum atomic E-state index is -0.998. The number of fused-ring (bicyclic) bond motifs is 1. The summed E-state index contributed by atoms with van der Waals surface area (Å²) >= 11 is 3.23. The van der Waals surface area contributed by atoms with Crippen molar-refractivity contribution >= 4 is 38.8 Å². The summed E-state index contributed by atoms with van der Waals surface area (Å²) in [5, 5.41) is 7.16. The molecule has 2 heterocycles. The van der Waals surface area contributed by atoms with Crippen molar-refractivity contribution in [3.05, 3.63) is 21.3 Å². The summed E-state index contributed by atoms with van der Waals surface area (Å²) in [4.78, 5) is 41.3. The van der Waals surface area contributed by atoms with E-state index in [0.717, 1.165) is 12.8 Å². The Morgan fingerprint density at radius 1 is 1.40 bits per heavy atom. The number of amides is 1. The molecule has 0 saturated heterocycles. The van der Waals surface area contributed by atoms with Crippen LogP contribution in [-0.2, 0) is 27.9 Å². The van der Waals surface area contributed by atoms with Crippen molar-refractivity contribution < 1.29 is 14.3 Å². The summed E-state index contributed by atoms with van der Waals surface area (Å²) in [7, 11) is 2.98. The van der Waals surface area contributed by atoms with Crippen LogP contribution in [0.4, 0.5) is 0 Å². The average molecular weight is 412 g/mol. The molecule has 2 aromatic heterocycles. The molecule has 1 aliphatic rings. The van der Waals surface area contributed by atoms with Gasteiger partial charge in [0.15, 0.2) is 5.65 Å². The van der Waals surface area contributed by atoms with Gasteiger partial charge in [0.2, 0.25) is 5.91 Å². The third-order valence-corrected chi connectivity index (χ3v) is 5.05. The topological polar surface area (TPSA) is 108 Å². The first-order valence-corrected chi connectivity index (χ1v) is 8.64. The Balaban J connectivity index is 1.85. The third-order valence-electron chi connectivity index (χ3n) is 4.49. The molecule has 2 aromatic rings. The number of nitrogens with one attached hydrogen (secondary N) is 1. The fourth-order valence-corrected chi connectivity index (χ4v) is 3.85. The zero-order valence-corrected chi connectivity index (χ0v) is 15.5. The molecule has 3 rings (SSSR count). The van der Waals surface area contributed by atoms with Crippen molar-refractivity contribution in [2.45, 2.75) is 37.8 Å². The number of hydrogen-bond donors (Lipinski definition) is 1. The van der Waals surface area contributed by atoms with E-state index in [1.54, 1.807) is 7.05 Å². The SMILES string of the molecule is COC(=O)C1(NC(=O)Cn2cnc3c(c(Br)nn3C)c2=O)CCCC1. The summed E-state index contributed by atoms with van der Waals surface area (Å²) in [5.74, 6) is -0.884. The zero-order chi connectivity index (χ0) is 18.2. The van der Waals surface area contributed by atoms with Gasteiger partial charge in [-0.05, 0) is 28.8 Å². The molecular weight excluding hydrogens is 394 g/mol. The molecule has 0 unspecified atom stereocenters. The van der Waals surface area contributed by atoms with Crippen molar-refractivity contribution in [3.63, 3.8) is 0 Å². The van der Waals surface area contributed by atoms with Gasteiger partial charge >= 0.3 is 5.97 Å². The molecular formula is C15H18BrN5O4. The fourth-order valence-electron chi connectivity index (χ4n) is 3.26. The van der Waals surface area contributed by atoms with Crippen molar-refractivity contribution in [1.29, 1.82) is 0 Å². The smallest absolute Gasteiger partial charge is 0.331 e. The normalized spacial score (nSPS) is 16.1. The molecule has 0 aromatic carbocycles. The van der Waals surface area contributed by atoms with Crippen molar-refractivity contribution in [2.75, 3.05) is 7.11 Å². The number of ether oxygens (including phenoxy) is 1. The first-order chi connectivity index (χ1) is 11.9. The molecule has 0 aliphatic heterocycles. The highest BCUT2D eigenvalue weighted by atomic mass is 79.9. The van der Waals surface area contributed by atoms with Crippen molar-refractivity contribution in [2.24, 2.45) is 7.05 Å². The monoisotopic (exact) mass is 411 g/mol. The van der Waals surface area contributed by atoms with Crippen LogP contribution in [0.15, 0.2) is 15.7 Å². The minimum Gasteiger partial charge on any atom is -0.467 e. The van der Waals surface area contributed by atoms with Gasteiger partial charge in [0.25, 0.3) is 5.56 Å². The number of methoxy groups -OCH3 is 1. The van der Waals surface area contributed by atoms with Crippen LogP contribution in [0.5, 0.6) is 0 Å². The summed E-state index contributed by atoms with van der Waals surface area (Å²) in [6.45, 7) is -0.234. The second-order valence-electron chi connectivity index (χ2n) is 6.12. The van der Waals surface area contributed by atoms with Gasteiger partial charge in [-0.2, -0.15) is 5.10 Å². The number of esters is 1. The van der Waals surface area contributed by atoms with E-state index in [4.69, 9.17) is 4.74 Å². The molecule has 25 heavy (non-hydrogen) atoms.